The van der Waals surface area contributed by atoms with Gasteiger partial charge in [0, 0.05) is 11.3 Å². The Balaban J connectivity index is 1.57. The number of quaternary nitrogens is 1. The molecular weight excluding hydrogens is 388 g/mol. The average Bonchev–Trinajstić information content (AvgIpc) is 2.76. The number of carbonyl (C=O) groups is 1. The van der Waals surface area contributed by atoms with Gasteiger partial charge in [0.15, 0.2) is 18.0 Å². The van der Waals surface area contributed by atoms with E-state index in [1.165, 1.54) is 5.56 Å². The van der Waals surface area contributed by atoms with Crippen molar-refractivity contribution in [3.05, 3.63) is 89.0 Å². The minimum Gasteiger partial charge on any atom is -0.493 e. The van der Waals surface area contributed by atoms with E-state index in [-0.39, 0.29) is 5.91 Å². The highest BCUT2D eigenvalue weighted by atomic mass is 16.5. The molecule has 0 aliphatic rings. The lowest BCUT2D eigenvalue weighted by molar-refractivity contribution is -0.885. The first-order chi connectivity index (χ1) is 15.0. The van der Waals surface area contributed by atoms with E-state index in [1.54, 1.807) is 7.11 Å². The molecule has 162 valence electrons. The van der Waals surface area contributed by atoms with E-state index in [1.807, 2.05) is 87.6 Å². The molecule has 0 aliphatic heterocycles. The van der Waals surface area contributed by atoms with E-state index in [0.29, 0.717) is 31.2 Å². The van der Waals surface area contributed by atoms with Crippen molar-refractivity contribution in [2.45, 2.75) is 27.0 Å². The third-order valence-corrected chi connectivity index (χ3v) is 5.31. The molecule has 0 bridgehead atoms. The van der Waals surface area contributed by atoms with Crippen LogP contribution in [0.1, 0.15) is 22.3 Å². The Hall–Kier alpha value is -3.31. The highest BCUT2D eigenvalue weighted by molar-refractivity contribution is 5.92. The van der Waals surface area contributed by atoms with Gasteiger partial charge in [0.1, 0.15) is 13.2 Å². The quantitative estimate of drug-likeness (QED) is 0.558. The fourth-order valence-corrected chi connectivity index (χ4v) is 3.44. The number of hydrogen-bond acceptors (Lipinski definition) is 3. The number of rotatable bonds is 9. The normalized spacial score (nSPS) is 11.6. The zero-order chi connectivity index (χ0) is 22.2. The lowest BCUT2D eigenvalue weighted by Crippen LogP contribution is -3.08. The van der Waals surface area contributed by atoms with Gasteiger partial charge in [0.05, 0.1) is 14.2 Å². The van der Waals surface area contributed by atoms with Crippen LogP contribution < -0.4 is 19.7 Å². The summed E-state index contributed by atoms with van der Waals surface area (Å²) in [5.41, 5.74) is 5.33. The average molecular weight is 420 g/mol. The third-order valence-electron chi connectivity index (χ3n) is 5.31. The molecule has 31 heavy (non-hydrogen) atoms. The van der Waals surface area contributed by atoms with Gasteiger partial charge < -0.3 is 19.7 Å². The van der Waals surface area contributed by atoms with Crippen molar-refractivity contribution in [3.63, 3.8) is 0 Å². The van der Waals surface area contributed by atoms with Crippen molar-refractivity contribution in [3.8, 4) is 11.5 Å². The van der Waals surface area contributed by atoms with Crippen molar-refractivity contribution in [2.75, 3.05) is 26.0 Å². The lowest BCUT2D eigenvalue weighted by Gasteiger charge is -2.17. The molecule has 3 aromatic rings. The summed E-state index contributed by atoms with van der Waals surface area (Å²) in [5, 5.41) is 3.03. The number of methoxy groups -OCH3 is 1. The first kappa shape index (κ1) is 22.4. The largest absolute Gasteiger partial charge is 0.493 e. The van der Waals surface area contributed by atoms with E-state index in [9.17, 15) is 4.79 Å². The molecule has 0 fully saturated rings. The van der Waals surface area contributed by atoms with Crippen molar-refractivity contribution in [1.29, 1.82) is 0 Å². The van der Waals surface area contributed by atoms with Crippen molar-refractivity contribution < 1.29 is 19.2 Å². The van der Waals surface area contributed by atoms with Crippen molar-refractivity contribution in [1.82, 2.24) is 0 Å². The molecule has 5 heteroatoms. The van der Waals surface area contributed by atoms with Crippen molar-refractivity contribution in [2.24, 2.45) is 0 Å². The number of benzene rings is 3. The molecule has 5 nitrogen and oxygen atoms in total. The Morgan fingerprint density at radius 3 is 2.45 bits per heavy atom. The van der Waals surface area contributed by atoms with Gasteiger partial charge in [-0.05, 0) is 54.8 Å². The van der Waals surface area contributed by atoms with Crippen LogP contribution in [0.3, 0.4) is 0 Å². The molecule has 0 saturated heterocycles. The molecule has 2 N–H and O–H groups in total. The molecule has 1 unspecified atom stereocenters. The standard InChI is InChI=1S/C26H30N2O3/c1-19-9-8-12-23(20(19)2)27-26(29)17-28(3)16-22-13-14-24(25(15-22)30-4)31-18-21-10-6-5-7-11-21/h5-15H,16-18H2,1-4H3,(H,27,29)/p+1. The number of ether oxygens (including phenoxy) is 2. The van der Waals surface area contributed by atoms with Crippen LogP contribution >= 0.6 is 0 Å². The van der Waals surface area contributed by atoms with Crippen LogP contribution in [-0.2, 0) is 17.9 Å². The lowest BCUT2D eigenvalue weighted by atomic mass is 10.1. The molecule has 0 heterocycles. The highest BCUT2D eigenvalue weighted by Crippen LogP contribution is 2.28. The second-order valence-corrected chi connectivity index (χ2v) is 7.87. The number of amides is 1. The van der Waals surface area contributed by atoms with Gasteiger partial charge in [-0.3, -0.25) is 4.79 Å². The SMILES string of the molecule is COc1cc(C[NH+](C)CC(=O)Nc2cccc(C)c2C)ccc1OCc1ccccc1. The molecule has 0 radical (unpaired) electrons. The number of likely N-dealkylation sites (N-methyl/N-ethyl adjacent to an activating group) is 1. The summed E-state index contributed by atoms with van der Waals surface area (Å²) >= 11 is 0. The third kappa shape index (κ3) is 6.33. The number of aryl methyl sites for hydroxylation is 1. The molecule has 0 aliphatic carbocycles. The topological polar surface area (TPSA) is 52.0 Å². The summed E-state index contributed by atoms with van der Waals surface area (Å²) in [4.78, 5) is 13.6. The summed E-state index contributed by atoms with van der Waals surface area (Å²) in [5.74, 6) is 1.41. The van der Waals surface area contributed by atoms with Gasteiger partial charge in [0.2, 0.25) is 0 Å². The predicted molar refractivity (Wildman–Crippen MR) is 124 cm³/mol. The maximum absolute atomic E-state index is 12.5. The number of nitrogens with one attached hydrogen (secondary N) is 2. The fourth-order valence-electron chi connectivity index (χ4n) is 3.44. The summed E-state index contributed by atoms with van der Waals surface area (Å²) in [6.45, 7) is 5.63. The molecule has 0 aromatic heterocycles. The number of anilines is 1. The zero-order valence-electron chi connectivity index (χ0n) is 18.7. The Labute approximate surface area is 184 Å². The second kappa shape index (κ2) is 10.6. The molecule has 0 spiro atoms. The van der Waals surface area contributed by atoms with E-state index in [0.717, 1.165) is 27.3 Å². The molecule has 1 amide bonds. The van der Waals surface area contributed by atoms with Crippen LogP contribution in [0.4, 0.5) is 5.69 Å². The zero-order valence-corrected chi connectivity index (χ0v) is 18.7. The van der Waals surface area contributed by atoms with Gasteiger partial charge in [-0.2, -0.15) is 0 Å². The first-order valence-electron chi connectivity index (χ1n) is 10.5. The van der Waals surface area contributed by atoms with Crippen LogP contribution in [0, 0.1) is 13.8 Å². The minimum atomic E-state index is 0.000907. The fraction of sp³-hybridized carbons (Fsp3) is 0.269. The first-order valence-corrected chi connectivity index (χ1v) is 10.5. The van der Waals surface area contributed by atoms with E-state index >= 15 is 0 Å². The van der Waals surface area contributed by atoms with Gasteiger partial charge in [-0.15, -0.1) is 0 Å². The van der Waals surface area contributed by atoms with Crippen molar-refractivity contribution >= 4 is 11.6 Å². The molecule has 3 aromatic carbocycles. The van der Waals surface area contributed by atoms with Crippen LogP contribution in [0.25, 0.3) is 0 Å². The van der Waals surface area contributed by atoms with Crippen LogP contribution in [0.15, 0.2) is 66.7 Å². The van der Waals surface area contributed by atoms with Crippen LogP contribution in [0.2, 0.25) is 0 Å². The predicted octanol–water partition coefficient (Wildman–Crippen LogP) is 3.54. The van der Waals surface area contributed by atoms with Crippen LogP contribution in [-0.4, -0.2) is 26.6 Å². The van der Waals surface area contributed by atoms with Crippen LogP contribution in [0.5, 0.6) is 11.5 Å². The van der Waals surface area contributed by atoms with E-state index in [2.05, 4.69) is 5.32 Å². The second-order valence-electron chi connectivity index (χ2n) is 7.87. The Bertz CT molecular complexity index is 1020. The maximum Gasteiger partial charge on any atom is 0.279 e. The maximum atomic E-state index is 12.5. The molecule has 3 rings (SSSR count). The minimum absolute atomic E-state index is 0.000907. The van der Waals surface area contributed by atoms with Gasteiger partial charge in [0.25, 0.3) is 5.91 Å². The molecule has 0 saturated carbocycles. The number of carbonyl (C=O) groups excluding carboxylic acids is 1. The summed E-state index contributed by atoms with van der Waals surface area (Å²) < 4.78 is 11.5. The molecule has 1 atom stereocenters. The number of hydrogen-bond donors (Lipinski definition) is 2. The summed E-state index contributed by atoms with van der Waals surface area (Å²) in [6.07, 6.45) is 0. The van der Waals surface area contributed by atoms with Gasteiger partial charge in [-0.1, -0.05) is 42.5 Å². The summed E-state index contributed by atoms with van der Waals surface area (Å²) in [6, 6.07) is 21.9. The smallest absolute Gasteiger partial charge is 0.279 e. The Morgan fingerprint density at radius 1 is 0.935 bits per heavy atom. The van der Waals surface area contributed by atoms with Gasteiger partial charge in [-0.25, -0.2) is 0 Å². The monoisotopic (exact) mass is 419 g/mol. The van der Waals surface area contributed by atoms with E-state index in [4.69, 9.17) is 9.47 Å². The summed E-state index contributed by atoms with van der Waals surface area (Å²) in [7, 11) is 3.65. The Morgan fingerprint density at radius 2 is 1.71 bits per heavy atom. The van der Waals surface area contributed by atoms with Gasteiger partial charge >= 0.3 is 0 Å². The van der Waals surface area contributed by atoms with E-state index < -0.39 is 0 Å². The highest BCUT2D eigenvalue weighted by Gasteiger charge is 2.14. The molecular formula is C26H31N2O3+. The Kier molecular flexibility index (Phi) is 7.68.